The molecule has 61 heavy (non-hydrogen) atoms. The number of para-hydroxylation sites is 3. The van der Waals surface area contributed by atoms with Crippen LogP contribution < -0.4 is 14.5 Å². The summed E-state index contributed by atoms with van der Waals surface area (Å²) in [7, 11) is 0. The molecular weight excluding hydrogens is 745 g/mol. The summed E-state index contributed by atoms with van der Waals surface area (Å²) in [5.74, 6) is 2.51. The van der Waals surface area contributed by atoms with Crippen LogP contribution in [-0.2, 0) is 16.2 Å². The van der Waals surface area contributed by atoms with E-state index in [1.807, 2.05) is 6.20 Å². The average Bonchev–Trinajstić information content (AvgIpc) is 3.76. The van der Waals surface area contributed by atoms with Gasteiger partial charge in [0.05, 0.1) is 22.4 Å². The predicted octanol–water partition coefficient (Wildman–Crippen LogP) is 15.4. The second kappa shape index (κ2) is 14.7. The molecule has 6 aromatic carbocycles. The summed E-state index contributed by atoms with van der Waals surface area (Å²) in [6.45, 7) is 25.6. The number of fused-ring (bicyclic) bond motifs is 4. The largest absolute Gasteiger partial charge is 0.457 e. The highest BCUT2D eigenvalue weighted by molar-refractivity contribution is 6.09. The van der Waals surface area contributed by atoms with Crippen molar-refractivity contribution in [2.45, 2.75) is 92.4 Å². The molecule has 0 saturated carbocycles. The van der Waals surface area contributed by atoms with Crippen LogP contribution in [0.1, 0.15) is 90.1 Å². The van der Waals surface area contributed by atoms with Crippen molar-refractivity contribution in [1.29, 1.82) is 0 Å². The van der Waals surface area contributed by atoms with Crippen LogP contribution in [0.25, 0.3) is 38.8 Å². The summed E-state index contributed by atoms with van der Waals surface area (Å²) in [5.41, 5.74) is 15.6. The number of nitrogens with zero attached hydrogens (tertiary/aromatic N) is 4. The average molecular weight is 803 g/mol. The number of aryl methyl sites for hydroxylation is 2. The number of pyridine rings is 1. The Bertz CT molecular complexity index is 2950. The van der Waals surface area contributed by atoms with Gasteiger partial charge < -0.3 is 14.5 Å². The van der Waals surface area contributed by atoms with Crippen LogP contribution in [0.2, 0.25) is 0 Å². The zero-order chi connectivity index (χ0) is 43.0. The molecule has 9 rings (SSSR count). The first-order valence-electron chi connectivity index (χ1n) is 21.6. The van der Waals surface area contributed by atoms with Gasteiger partial charge >= 0.3 is 0 Å². The molecule has 0 atom stereocenters. The van der Waals surface area contributed by atoms with Crippen LogP contribution in [0, 0.1) is 13.8 Å². The van der Waals surface area contributed by atoms with Gasteiger partial charge in [-0.15, -0.1) is 0 Å². The highest BCUT2D eigenvalue weighted by Gasteiger charge is 2.30. The fourth-order valence-electron chi connectivity index (χ4n) is 9.11. The van der Waals surface area contributed by atoms with E-state index in [9.17, 15) is 0 Å². The van der Waals surface area contributed by atoms with Crippen LogP contribution in [0.15, 0.2) is 140 Å². The second-order valence-corrected chi connectivity index (χ2v) is 20.0. The van der Waals surface area contributed by atoms with Gasteiger partial charge in [0, 0.05) is 46.0 Å². The number of aromatic nitrogens is 2. The molecule has 0 radical (unpaired) electrons. The van der Waals surface area contributed by atoms with Crippen molar-refractivity contribution in [1.82, 2.24) is 9.55 Å². The van der Waals surface area contributed by atoms with Crippen molar-refractivity contribution in [3.63, 3.8) is 0 Å². The summed E-state index contributed by atoms with van der Waals surface area (Å²) in [6, 6.07) is 48.6. The molecule has 0 aliphatic carbocycles. The molecule has 1 aliphatic heterocycles. The maximum atomic E-state index is 7.07. The van der Waals surface area contributed by atoms with Gasteiger partial charge in [-0.3, -0.25) is 4.57 Å². The van der Waals surface area contributed by atoms with E-state index in [0.717, 1.165) is 50.6 Å². The molecule has 5 heteroatoms. The Kier molecular flexibility index (Phi) is 9.66. The fraction of sp³-hybridized carbons (Fsp3) is 0.268. The summed E-state index contributed by atoms with van der Waals surface area (Å²) in [5, 5.41) is 2.34. The van der Waals surface area contributed by atoms with E-state index in [1.54, 1.807) is 0 Å². The topological polar surface area (TPSA) is 33.5 Å². The third-order valence-corrected chi connectivity index (χ3v) is 12.4. The molecule has 0 spiro atoms. The molecular formula is C56H58N4O. The zero-order valence-corrected chi connectivity index (χ0v) is 37.7. The van der Waals surface area contributed by atoms with Crippen LogP contribution in [0.4, 0.5) is 22.7 Å². The molecule has 0 bridgehead atoms. The van der Waals surface area contributed by atoms with Gasteiger partial charge in [0.25, 0.3) is 0 Å². The molecule has 5 nitrogen and oxygen atoms in total. The third-order valence-electron chi connectivity index (χ3n) is 12.4. The monoisotopic (exact) mass is 802 g/mol. The van der Waals surface area contributed by atoms with Crippen molar-refractivity contribution in [3.05, 3.63) is 167 Å². The van der Waals surface area contributed by atoms with Crippen LogP contribution in [-0.4, -0.2) is 16.2 Å². The lowest BCUT2D eigenvalue weighted by atomic mass is 9.83. The lowest BCUT2D eigenvalue weighted by molar-refractivity contribution is 0.456. The quantitative estimate of drug-likeness (QED) is 0.168. The Morgan fingerprint density at radius 2 is 1.16 bits per heavy atom. The minimum absolute atomic E-state index is 0.0546. The van der Waals surface area contributed by atoms with E-state index in [2.05, 4.69) is 224 Å². The molecule has 0 unspecified atom stereocenters. The van der Waals surface area contributed by atoms with Gasteiger partial charge in [0.2, 0.25) is 0 Å². The van der Waals surface area contributed by atoms with Crippen LogP contribution >= 0.6 is 0 Å². The molecule has 0 amide bonds. The number of hydrogen-bond acceptors (Lipinski definition) is 4. The molecule has 0 fully saturated rings. The van der Waals surface area contributed by atoms with Gasteiger partial charge in [-0.1, -0.05) is 123 Å². The number of ether oxygens (including phenoxy) is 1. The summed E-state index contributed by atoms with van der Waals surface area (Å²) in [6.07, 6.45) is 1.95. The van der Waals surface area contributed by atoms with Gasteiger partial charge in [-0.05, 0) is 124 Å². The lowest BCUT2D eigenvalue weighted by Gasteiger charge is -2.27. The number of anilines is 4. The van der Waals surface area contributed by atoms with Gasteiger partial charge in [-0.25, -0.2) is 4.98 Å². The van der Waals surface area contributed by atoms with E-state index in [-0.39, 0.29) is 16.2 Å². The molecule has 3 heterocycles. The van der Waals surface area contributed by atoms with Crippen molar-refractivity contribution < 1.29 is 4.74 Å². The molecule has 8 aromatic rings. The SMILES string of the molecule is Cc1cc(C(C)(C)C)cc(C)c1-c1ccnc(-n2c3ccccc3c3ccc(Oc4cc(N5CN(c6cccc(C(C)(C)C)c6)c6ccccc65)ccc4C(C)(C)C)cc32)c1. The van der Waals surface area contributed by atoms with Gasteiger partial charge in [0.15, 0.2) is 0 Å². The molecule has 1 aliphatic rings. The van der Waals surface area contributed by atoms with Crippen molar-refractivity contribution >= 4 is 44.6 Å². The maximum absolute atomic E-state index is 7.07. The first kappa shape index (κ1) is 40.1. The Morgan fingerprint density at radius 1 is 0.525 bits per heavy atom. The number of rotatable bonds is 6. The van der Waals surface area contributed by atoms with Gasteiger partial charge in [0.1, 0.15) is 24.0 Å². The van der Waals surface area contributed by atoms with E-state index in [1.165, 1.54) is 50.3 Å². The zero-order valence-electron chi connectivity index (χ0n) is 37.7. The van der Waals surface area contributed by atoms with E-state index < -0.39 is 0 Å². The smallest absolute Gasteiger partial charge is 0.138 e. The van der Waals surface area contributed by atoms with E-state index in [0.29, 0.717) is 6.67 Å². The van der Waals surface area contributed by atoms with Crippen LogP contribution in [0.3, 0.4) is 0 Å². The maximum Gasteiger partial charge on any atom is 0.138 e. The fourth-order valence-corrected chi connectivity index (χ4v) is 9.11. The minimum atomic E-state index is -0.152. The van der Waals surface area contributed by atoms with Crippen molar-refractivity contribution in [2.75, 3.05) is 16.5 Å². The normalized spacial score (nSPS) is 13.4. The molecule has 0 saturated heterocycles. The number of hydrogen-bond donors (Lipinski definition) is 0. The molecule has 308 valence electrons. The Morgan fingerprint density at radius 3 is 1.84 bits per heavy atom. The van der Waals surface area contributed by atoms with E-state index >= 15 is 0 Å². The standard InChI is InChI=1S/C56H58N4O/c1-36-29-40(55(6,7)8)30-37(2)53(36)38-27-28-57-52(31-38)60-47-20-13-12-19-44(47)45-25-24-43(34-50(45)60)61-51-33-42(23-26-46(51)56(9,10)11)59-35-58(48-21-14-15-22-49(48)59)41-18-16-17-39(32-41)54(3,4)5/h12-34H,35H2,1-11H3. The lowest BCUT2D eigenvalue weighted by Crippen LogP contribution is -2.24. The first-order chi connectivity index (χ1) is 29.0. The Balaban J connectivity index is 1.12. The Labute approximate surface area is 362 Å². The highest BCUT2D eigenvalue weighted by Crippen LogP contribution is 2.47. The second-order valence-electron chi connectivity index (χ2n) is 20.0. The number of benzene rings is 6. The predicted molar refractivity (Wildman–Crippen MR) is 258 cm³/mol. The highest BCUT2D eigenvalue weighted by atomic mass is 16.5. The minimum Gasteiger partial charge on any atom is -0.457 e. The summed E-state index contributed by atoms with van der Waals surface area (Å²) >= 11 is 0. The first-order valence-corrected chi connectivity index (χ1v) is 21.6. The third kappa shape index (κ3) is 7.35. The molecule has 2 aromatic heterocycles. The van der Waals surface area contributed by atoms with Crippen molar-refractivity contribution in [3.8, 4) is 28.4 Å². The Hall–Kier alpha value is -6.33. The van der Waals surface area contributed by atoms with Crippen molar-refractivity contribution in [2.24, 2.45) is 0 Å². The van der Waals surface area contributed by atoms with Gasteiger partial charge in [-0.2, -0.15) is 0 Å². The summed E-state index contributed by atoms with van der Waals surface area (Å²) in [4.78, 5) is 9.83. The van der Waals surface area contributed by atoms with E-state index in [4.69, 9.17) is 9.72 Å². The molecule has 0 N–H and O–H groups in total. The summed E-state index contributed by atoms with van der Waals surface area (Å²) < 4.78 is 9.37. The van der Waals surface area contributed by atoms with Crippen LogP contribution in [0.5, 0.6) is 11.5 Å².